The molecular weight excluding hydrogens is 255 g/mol. The number of carbonyl (C=O) groups is 1. The first kappa shape index (κ1) is 12.6. The summed E-state index contributed by atoms with van der Waals surface area (Å²) in [6, 6.07) is 9.01. The van der Waals surface area contributed by atoms with Crippen LogP contribution in [-0.4, -0.2) is 13.4 Å². The summed E-state index contributed by atoms with van der Waals surface area (Å²) in [6.07, 6.45) is 0.694. The standard InChI is InChI=1S/C14H10ClFO2/c1-18-11-3-4-12(9(6-11)8-17)13-7-10(16)2-5-14(13)15/h2-8H,1H3. The van der Waals surface area contributed by atoms with Crippen molar-refractivity contribution in [3.8, 4) is 16.9 Å². The van der Waals surface area contributed by atoms with Crippen molar-refractivity contribution in [1.29, 1.82) is 0 Å². The lowest BCUT2D eigenvalue weighted by Gasteiger charge is -2.09. The third kappa shape index (κ3) is 2.36. The van der Waals surface area contributed by atoms with Crippen LogP contribution >= 0.6 is 11.6 Å². The van der Waals surface area contributed by atoms with E-state index in [1.165, 1.54) is 25.3 Å². The minimum absolute atomic E-state index is 0.393. The molecule has 0 aliphatic carbocycles. The molecule has 0 saturated carbocycles. The van der Waals surface area contributed by atoms with Gasteiger partial charge in [0.05, 0.1) is 7.11 Å². The second-order valence-corrected chi connectivity index (χ2v) is 4.10. The average molecular weight is 265 g/mol. The molecule has 4 heteroatoms. The Morgan fingerprint density at radius 1 is 1.17 bits per heavy atom. The third-order valence-electron chi connectivity index (χ3n) is 2.60. The number of benzene rings is 2. The molecule has 0 heterocycles. The Kier molecular flexibility index (Phi) is 3.63. The maximum Gasteiger partial charge on any atom is 0.150 e. The molecular formula is C14H10ClFO2. The average Bonchev–Trinajstić information content (AvgIpc) is 2.41. The number of rotatable bonds is 3. The van der Waals surface area contributed by atoms with Crippen LogP contribution < -0.4 is 4.74 Å². The van der Waals surface area contributed by atoms with Gasteiger partial charge in [0.2, 0.25) is 0 Å². The van der Waals surface area contributed by atoms with E-state index in [-0.39, 0.29) is 0 Å². The molecule has 0 atom stereocenters. The smallest absolute Gasteiger partial charge is 0.150 e. The van der Waals surface area contributed by atoms with E-state index in [1.807, 2.05) is 0 Å². The highest BCUT2D eigenvalue weighted by Gasteiger charge is 2.10. The lowest BCUT2D eigenvalue weighted by molar-refractivity contribution is 0.112. The summed E-state index contributed by atoms with van der Waals surface area (Å²) in [6.45, 7) is 0. The second kappa shape index (κ2) is 5.19. The number of ether oxygens (including phenoxy) is 1. The van der Waals surface area contributed by atoms with E-state index in [2.05, 4.69) is 0 Å². The highest BCUT2D eigenvalue weighted by molar-refractivity contribution is 6.33. The van der Waals surface area contributed by atoms with Crippen molar-refractivity contribution in [2.24, 2.45) is 0 Å². The molecule has 2 aromatic rings. The first-order chi connectivity index (χ1) is 8.65. The maximum absolute atomic E-state index is 13.2. The van der Waals surface area contributed by atoms with E-state index in [4.69, 9.17) is 16.3 Å². The first-order valence-corrected chi connectivity index (χ1v) is 5.62. The molecule has 2 aromatic carbocycles. The van der Waals surface area contributed by atoms with Crippen molar-refractivity contribution >= 4 is 17.9 Å². The first-order valence-electron chi connectivity index (χ1n) is 5.24. The lowest BCUT2D eigenvalue weighted by atomic mass is 10.00. The van der Waals surface area contributed by atoms with Gasteiger partial charge in [0.1, 0.15) is 11.6 Å². The molecule has 0 bridgehead atoms. The fourth-order valence-corrected chi connectivity index (χ4v) is 1.93. The minimum Gasteiger partial charge on any atom is -0.497 e. The highest BCUT2D eigenvalue weighted by atomic mass is 35.5. The summed E-state index contributed by atoms with van der Waals surface area (Å²) in [5.74, 6) is 0.162. The molecule has 0 spiro atoms. The number of halogens is 2. The summed E-state index contributed by atoms with van der Waals surface area (Å²) >= 11 is 6.02. The molecule has 0 amide bonds. The lowest BCUT2D eigenvalue weighted by Crippen LogP contribution is -1.92. The maximum atomic E-state index is 13.2. The Balaban J connectivity index is 2.63. The van der Waals surface area contributed by atoms with Crippen molar-refractivity contribution in [3.63, 3.8) is 0 Å². The predicted octanol–water partition coefficient (Wildman–Crippen LogP) is 3.97. The highest BCUT2D eigenvalue weighted by Crippen LogP contribution is 2.32. The van der Waals surface area contributed by atoms with Crippen LogP contribution in [0.2, 0.25) is 5.02 Å². The van der Waals surface area contributed by atoms with Gasteiger partial charge in [-0.1, -0.05) is 11.6 Å². The van der Waals surface area contributed by atoms with Gasteiger partial charge in [-0.2, -0.15) is 0 Å². The second-order valence-electron chi connectivity index (χ2n) is 3.70. The van der Waals surface area contributed by atoms with Crippen LogP contribution in [0.3, 0.4) is 0 Å². The van der Waals surface area contributed by atoms with Crippen LogP contribution in [0.4, 0.5) is 4.39 Å². The Bertz CT molecular complexity index is 596. The van der Waals surface area contributed by atoms with Gasteiger partial charge >= 0.3 is 0 Å². The van der Waals surface area contributed by atoms with Crippen molar-refractivity contribution in [2.75, 3.05) is 7.11 Å². The Hall–Kier alpha value is -1.87. The molecule has 0 N–H and O–H groups in total. The monoisotopic (exact) mass is 264 g/mol. The van der Waals surface area contributed by atoms with Gasteiger partial charge in [-0.3, -0.25) is 4.79 Å². The fourth-order valence-electron chi connectivity index (χ4n) is 1.71. The summed E-state index contributed by atoms with van der Waals surface area (Å²) in [5.41, 5.74) is 1.47. The van der Waals surface area contributed by atoms with E-state index < -0.39 is 5.82 Å². The Morgan fingerprint density at radius 3 is 2.61 bits per heavy atom. The molecule has 0 unspecified atom stereocenters. The van der Waals surface area contributed by atoms with Gasteiger partial charge in [-0.25, -0.2) is 4.39 Å². The molecule has 0 aromatic heterocycles. The van der Waals surface area contributed by atoms with Crippen molar-refractivity contribution < 1.29 is 13.9 Å². The van der Waals surface area contributed by atoms with Gasteiger partial charge in [0.15, 0.2) is 6.29 Å². The molecule has 18 heavy (non-hydrogen) atoms. The van der Waals surface area contributed by atoms with Gasteiger partial charge in [0.25, 0.3) is 0 Å². The van der Waals surface area contributed by atoms with E-state index in [0.29, 0.717) is 33.7 Å². The molecule has 0 aliphatic rings. The molecule has 2 nitrogen and oxygen atoms in total. The van der Waals surface area contributed by atoms with E-state index >= 15 is 0 Å². The van der Waals surface area contributed by atoms with Crippen LogP contribution in [0.1, 0.15) is 10.4 Å². The normalized spacial score (nSPS) is 10.2. The van der Waals surface area contributed by atoms with Crippen molar-refractivity contribution in [2.45, 2.75) is 0 Å². The number of carbonyl (C=O) groups excluding carboxylic acids is 1. The Labute approximate surface area is 109 Å². The largest absolute Gasteiger partial charge is 0.497 e. The van der Waals surface area contributed by atoms with Crippen LogP contribution in [0.25, 0.3) is 11.1 Å². The summed E-state index contributed by atoms with van der Waals surface area (Å²) < 4.78 is 18.3. The number of aldehydes is 1. The third-order valence-corrected chi connectivity index (χ3v) is 2.93. The van der Waals surface area contributed by atoms with Crippen LogP contribution in [0.15, 0.2) is 36.4 Å². The number of hydrogen-bond donors (Lipinski definition) is 0. The number of hydrogen-bond acceptors (Lipinski definition) is 2. The molecule has 92 valence electrons. The van der Waals surface area contributed by atoms with Crippen molar-refractivity contribution in [1.82, 2.24) is 0 Å². The zero-order chi connectivity index (χ0) is 13.1. The summed E-state index contributed by atoms with van der Waals surface area (Å²) in [5, 5.41) is 0.393. The molecule has 0 fully saturated rings. The Morgan fingerprint density at radius 2 is 1.94 bits per heavy atom. The van der Waals surface area contributed by atoms with Gasteiger partial charge in [-0.15, -0.1) is 0 Å². The molecule has 2 rings (SSSR count). The topological polar surface area (TPSA) is 26.3 Å². The quantitative estimate of drug-likeness (QED) is 0.784. The van der Waals surface area contributed by atoms with Gasteiger partial charge in [0, 0.05) is 16.1 Å². The molecule has 0 aliphatic heterocycles. The predicted molar refractivity (Wildman–Crippen MR) is 68.8 cm³/mol. The zero-order valence-corrected chi connectivity index (χ0v) is 10.4. The zero-order valence-electron chi connectivity index (χ0n) is 9.61. The molecule has 0 saturated heterocycles. The van der Waals surface area contributed by atoms with Gasteiger partial charge in [-0.05, 0) is 42.0 Å². The van der Waals surface area contributed by atoms with E-state index in [1.54, 1.807) is 18.2 Å². The fraction of sp³-hybridized carbons (Fsp3) is 0.0714. The molecule has 0 radical (unpaired) electrons. The summed E-state index contributed by atoms with van der Waals surface area (Å²) in [7, 11) is 1.51. The van der Waals surface area contributed by atoms with Crippen molar-refractivity contribution in [3.05, 3.63) is 52.8 Å². The van der Waals surface area contributed by atoms with Crippen LogP contribution in [-0.2, 0) is 0 Å². The van der Waals surface area contributed by atoms with E-state index in [0.717, 1.165) is 0 Å². The minimum atomic E-state index is -0.401. The number of methoxy groups -OCH3 is 1. The summed E-state index contributed by atoms with van der Waals surface area (Å²) in [4.78, 5) is 11.1. The van der Waals surface area contributed by atoms with E-state index in [9.17, 15) is 9.18 Å². The van der Waals surface area contributed by atoms with Crippen LogP contribution in [0, 0.1) is 5.82 Å². The SMILES string of the molecule is COc1ccc(-c2cc(F)ccc2Cl)c(C=O)c1. The van der Waals surface area contributed by atoms with Gasteiger partial charge < -0.3 is 4.74 Å². The van der Waals surface area contributed by atoms with Crippen LogP contribution in [0.5, 0.6) is 5.75 Å².